The molecule has 10 nitrogen and oxygen atoms in total. The molecular formula is C15H14N6O4S3. The zero-order valence-corrected chi connectivity index (χ0v) is 16.6. The highest BCUT2D eigenvalue weighted by molar-refractivity contribution is 7.92. The summed E-state index contributed by atoms with van der Waals surface area (Å²) in [6, 6.07) is 9.55. The van der Waals surface area contributed by atoms with Gasteiger partial charge < -0.3 is 0 Å². The molecule has 0 spiro atoms. The Morgan fingerprint density at radius 1 is 1.07 bits per heavy atom. The van der Waals surface area contributed by atoms with Crippen LogP contribution in [0, 0.1) is 0 Å². The Balaban J connectivity index is 1.44. The summed E-state index contributed by atoms with van der Waals surface area (Å²) in [6.45, 7) is -0.291. The van der Waals surface area contributed by atoms with Gasteiger partial charge in [-0.25, -0.2) is 26.1 Å². The second-order valence-corrected chi connectivity index (χ2v) is 9.93. The Morgan fingerprint density at radius 2 is 1.93 bits per heavy atom. The summed E-state index contributed by atoms with van der Waals surface area (Å²) < 4.78 is 63.9. The Morgan fingerprint density at radius 3 is 2.79 bits per heavy atom. The molecule has 0 saturated carbocycles. The molecule has 2 N–H and O–H groups in total. The van der Waals surface area contributed by atoms with Crippen molar-refractivity contribution in [1.82, 2.24) is 23.1 Å². The first-order chi connectivity index (χ1) is 13.3. The maximum Gasteiger partial charge on any atom is 0.242 e. The van der Waals surface area contributed by atoms with Crippen LogP contribution in [0.25, 0.3) is 16.6 Å². The molecule has 0 atom stereocenters. The molecule has 0 aliphatic heterocycles. The van der Waals surface area contributed by atoms with Gasteiger partial charge in [0.1, 0.15) is 15.9 Å². The van der Waals surface area contributed by atoms with Crippen molar-refractivity contribution in [2.24, 2.45) is 0 Å². The quantitative estimate of drug-likeness (QED) is 0.440. The van der Waals surface area contributed by atoms with E-state index in [1.165, 1.54) is 6.07 Å². The fourth-order valence-electron chi connectivity index (χ4n) is 2.60. The van der Waals surface area contributed by atoms with E-state index in [-0.39, 0.29) is 17.0 Å². The van der Waals surface area contributed by atoms with Crippen molar-refractivity contribution in [3.8, 4) is 0 Å². The summed E-state index contributed by atoms with van der Waals surface area (Å²) in [4.78, 5) is -0.0321. The second kappa shape index (κ2) is 7.09. The van der Waals surface area contributed by atoms with E-state index in [1.807, 2.05) is 0 Å². The molecule has 0 saturated heterocycles. The predicted octanol–water partition coefficient (Wildman–Crippen LogP) is 1.06. The molecule has 13 heteroatoms. The minimum atomic E-state index is -3.92. The van der Waals surface area contributed by atoms with Crippen molar-refractivity contribution in [3.05, 3.63) is 48.8 Å². The summed E-state index contributed by atoms with van der Waals surface area (Å²) in [5.74, 6) is -0.429. The zero-order chi connectivity index (χ0) is 19.8. The van der Waals surface area contributed by atoms with Crippen LogP contribution in [0.2, 0.25) is 0 Å². The lowest BCUT2D eigenvalue weighted by Crippen LogP contribution is -2.31. The van der Waals surface area contributed by atoms with Crippen molar-refractivity contribution >= 4 is 54.0 Å². The van der Waals surface area contributed by atoms with E-state index in [0.717, 1.165) is 17.2 Å². The summed E-state index contributed by atoms with van der Waals surface area (Å²) in [6.07, 6.45) is 3.22. The van der Waals surface area contributed by atoms with E-state index in [1.54, 1.807) is 47.2 Å². The van der Waals surface area contributed by atoms with Crippen LogP contribution in [0.4, 0.5) is 5.69 Å². The van der Waals surface area contributed by atoms with E-state index in [0.29, 0.717) is 11.2 Å². The molecule has 0 aliphatic rings. The minimum absolute atomic E-state index is 0.0321. The van der Waals surface area contributed by atoms with E-state index in [2.05, 4.69) is 23.3 Å². The van der Waals surface area contributed by atoms with Crippen LogP contribution in [0.15, 0.2) is 53.7 Å². The molecule has 0 fully saturated rings. The first-order valence-corrected chi connectivity index (χ1v) is 11.9. The number of sulfonamides is 2. The predicted molar refractivity (Wildman–Crippen MR) is 105 cm³/mol. The molecule has 3 aromatic heterocycles. The van der Waals surface area contributed by atoms with Crippen LogP contribution < -0.4 is 9.44 Å². The van der Waals surface area contributed by atoms with Crippen molar-refractivity contribution in [1.29, 1.82) is 0 Å². The molecule has 3 heterocycles. The van der Waals surface area contributed by atoms with Crippen LogP contribution in [0.1, 0.15) is 0 Å². The van der Waals surface area contributed by atoms with Gasteiger partial charge in [-0.1, -0.05) is 6.07 Å². The topological polar surface area (TPSA) is 135 Å². The summed E-state index contributed by atoms with van der Waals surface area (Å²) in [5, 5.41) is 4.03. The Labute approximate surface area is 164 Å². The summed E-state index contributed by atoms with van der Waals surface area (Å²) in [7, 11) is -7.68. The third kappa shape index (κ3) is 3.82. The fourth-order valence-corrected chi connectivity index (χ4v) is 5.49. The standard InChI is InChI=1S/C15H14N6O4S3/c22-27(23,20-11-5-8-21-12(10-11)4-6-16-21)9-7-17-28(24,25)14-3-1-2-13-15(14)19-26-18-13/h1-6,8,10,17,20H,7,9H2. The van der Waals surface area contributed by atoms with Crippen LogP contribution in [0.3, 0.4) is 0 Å². The van der Waals surface area contributed by atoms with Gasteiger partial charge in [-0.05, 0) is 30.3 Å². The highest BCUT2D eigenvalue weighted by Gasteiger charge is 2.20. The first-order valence-electron chi connectivity index (χ1n) is 7.99. The molecule has 4 aromatic rings. The second-order valence-electron chi connectivity index (χ2n) is 5.82. The Bertz CT molecular complexity index is 1360. The molecule has 1 aromatic carbocycles. The van der Waals surface area contributed by atoms with E-state index >= 15 is 0 Å². The van der Waals surface area contributed by atoms with E-state index in [9.17, 15) is 16.8 Å². The molecule has 146 valence electrons. The largest absolute Gasteiger partial charge is 0.283 e. The summed E-state index contributed by atoms with van der Waals surface area (Å²) >= 11 is 0.910. The summed E-state index contributed by atoms with van der Waals surface area (Å²) in [5.41, 5.74) is 1.83. The van der Waals surface area contributed by atoms with Crippen molar-refractivity contribution < 1.29 is 16.8 Å². The molecule has 4 rings (SSSR count). The van der Waals surface area contributed by atoms with Gasteiger partial charge in [-0.15, -0.1) is 0 Å². The smallest absolute Gasteiger partial charge is 0.242 e. The van der Waals surface area contributed by atoms with Gasteiger partial charge in [0.15, 0.2) is 0 Å². The highest BCUT2D eigenvalue weighted by Crippen LogP contribution is 2.20. The maximum atomic E-state index is 12.5. The molecule has 0 bridgehead atoms. The van der Waals surface area contributed by atoms with Gasteiger partial charge in [0.05, 0.1) is 28.7 Å². The number of benzene rings is 1. The lowest BCUT2D eigenvalue weighted by molar-refractivity contribution is 0.582. The van der Waals surface area contributed by atoms with Gasteiger partial charge in [-0.3, -0.25) is 4.72 Å². The number of hydrogen-bond donors (Lipinski definition) is 2. The van der Waals surface area contributed by atoms with Crippen LogP contribution >= 0.6 is 11.7 Å². The number of nitrogens with zero attached hydrogens (tertiary/aromatic N) is 4. The zero-order valence-electron chi connectivity index (χ0n) is 14.2. The third-order valence-corrected chi connectivity index (χ3v) is 7.20. The highest BCUT2D eigenvalue weighted by atomic mass is 32.2. The number of anilines is 1. The van der Waals surface area contributed by atoms with Gasteiger partial charge in [-0.2, -0.15) is 13.8 Å². The fraction of sp³-hybridized carbons (Fsp3) is 0.133. The van der Waals surface area contributed by atoms with Gasteiger partial charge >= 0.3 is 0 Å². The first kappa shape index (κ1) is 18.7. The maximum absolute atomic E-state index is 12.5. The molecule has 0 aliphatic carbocycles. The van der Waals surface area contributed by atoms with Gasteiger partial charge in [0.25, 0.3) is 0 Å². The van der Waals surface area contributed by atoms with Gasteiger partial charge in [0, 0.05) is 18.9 Å². The Hall–Kier alpha value is -2.61. The molecule has 0 amide bonds. The molecule has 0 radical (unpaired) electrons. The monoisotopic (exact) mass is 438 g/mol. The molecule has 0 unspecified atom stereocenters. The van der Waals surface area contributed by atoms with Crippen LogP contribution in [-0.4, -0.2) is 47.5 Å². The van der Waals surface area contributed by atoms with E-state index < -0.39 is 25.8 Å². The van der Waals surface area contributed by atoms with Crippen LogP contribution in [0.5, 0.6) is 0 Å². The van der Waals surface area contributed by atoms with Crippen LogP contribution in [-0.2, 0) is 20.0 Å². The third-order valence-electron chi connectivity index (χ3n) is 3.87. The lowest BCUT2D eigenvalue weighted by Gasteiger charge is -2.10. The molecule has 28 heavy (non-hydrogen) atoms. The minimum Gasteiger partial charge on any atom is -0.283 e. The molecular weight excluding hydrogens is 424 g/mol. The van der Waals surface area contributed by atoms with Crippen molar-refractivity contribution in [2.75, 3.05) is 17.0 Å². The number of pyridine rings is 1. The lowest BCUT2D eigenvalue weighted by atomic mass is 10.3. The van der Waals surface area contributed by atoms with Gasteiger partial charge in [0.2, 0.25) is 20.0 Å². The normalized spacial score (nSPS) is 12.6. The number of fused-ring (bicyclic) bond motifs is 2. The average molecular weight is 439 g/mol. The van der Waals surface area contributed by atoms with Crippen molar-refractivity contribution in [3.63, 3.8) is 0 Å². The number of rotatable bonds is 7. The number of nitrogens with one attached hydrogen (secondary N) is 2. The van der Waals surface area contributed by atoms with Crippen molar-refractivity contribution in [2.45, 2.75) is 4.90 Å². The number of aromatic nitrogens is 4. The van der Waals surface area contributed by atoms with E-state index in [4.69, 9.17) is 0 Å². The number of hydrogen-bond acceptors (Lipinski definition) is 8. The SMILES string of the molecule is O=S(=O)(CCNS(=O)(=O)c1cccc2nsnc12)Nc1ccn2nccc2c1. The Kier molecular flexibility index (Phi) is 4.74. The average Bonchev–Trinajstić information content (AvgIpc) is 3.29.